The third kappa shape index (κ3) is 4.04. The Balaban J connectivity index is 2.13. The molecule has 0 amide bonds. The van der Waals surface area contributed by atoms with Gasteiger partial charge in [0, 0.05) is 37.1 Å². The van der Waals surface area contributed by atoms with Gasteiger partial charge in [0.05, 0.1) is 13.2 Å². The van der Waals surface area contributed by atoms with Gasteiger partial charge in [-0.15, -0.1) is 0 Å². The highest BCUT2D eigenvalue weighted by molar-refractivity contribution is 4.83. The molecule has 1 N–H and O–H groups in total. The van der Waals surface area contributed by atoms with Crippen LogP contribution in [0.3, 0.4) is 0 Å². The van der Waals surface area contributed by atoms with E-state index in [0.717, 1.165) is 32.8 Å². The van der Waals surface area contributed by atoms with E-state index in [0.29, 0.717) is 17.5 Å². The van der Waals surface area contributed by atoms with E-state index in [4.69, 9.17) is 4.74 Å². The monoisotopic (exact) mass is 228 g/mol. The number of hydrogen-bond donors (Lipinski definition) is 1. The number of ether oxygens (including phenoxy) is 1. The molecule has 0 aromatic carbocycles. The minimum Gasteiger partial charge on any atom is -0.380 e. The molecular weight excluding hydrogens is 200 g/mol. The molecule has 1 aliphatic rings. The summed E-state index contributed by atoms with van der Waals surface area (Å²) >= 11 is 0. The molecule has 0 aliphatic carbocycles. The first-order valence-corrected chi connectivity index (χ1v) is 6.49. The lowest BCUT2D eigenvalue weighted by molar-refractivity contribution is -0.0991. The predicted octanol–water partition coefficient (Wildman–Crippen LogP) is 1.73. The van der Waals surface area contributed by atoms with Gasteiger partial charge in [-0.2, -0.15) is 0 Å². The normalized spacial score (nSPS) is 19.5. The van der Waals surface area contributed by atoms with Crippen LogP contribution in [0.2, 0.25) is 0 Å². The van der Waals surface area contributed by atoms with Gasteiger partial charge in [-0.3, -0.25) is 4.90 Å². The smallest absolute Gasteiger partial charge is 0.0554 e. The van der Waals surface area contributed by atoms with Gasteiger partial charge < -0.3 is 10.1 Å². The summed E-state index contributed by atoms with van der Waals surface area (Å²) in [6, 6.07) is 1.26. The van der Waals surface area contributed by atoms with E-state index >= 15 is 0 Å². The zero-order valence-electron chi connectivity index (χ0n) is 11.5. The molecule has 1 saturated heterocycles. The van der Waals surface area contributed by atoms with Crippen molar-refractivity contribution in [1.29, 1.82) is 0 Å². The van der Waals surface area contributed by atoms with Crippen LogP contribution < -0.4 is 5.32 Å². The molecule has 1 aliphatic heterocycles. The Morgan fingerprint density at radius 3 is 2.12 bits per heavy atom. The number of nitrogens with one attached hydrogen (secondary N) is 1. The quantitative estimate of drug-likeness (QED) is 0.672. The minimum atomic E-state index is 0.389. The maximum absolute atomic E-state index is 5.24. The van der Waals surface area contributed by atoms with E-state index in [1.165, 1.54) is 0 Å². The van der Waals surface area contributed by atoms with Crippen molar-refractivity contribution in [3.8, 4) is 0 Å². The van der Waals surface area contributed by atoms with Crippen LogP contribution >= 0.6 is 0 Å². The van der Waals surface area contributed by atoms with Crippen molar-refractivity contribution in [2.45, 2.75) is 46.7 Å². The first kappa shape index (κ1) is 13.9. The lowest BCUT2D eigenvalue weighted by Gasteiger charge is -2.38. The highest BCUT2D eigenvalue weighted by Crippen LogP contribution is 2.24. The fourth-order valence-electron chi connectivity index (χ4n) is 2.26. The highest BCUT2D eigenvalue weighted by atomic mass is 16.5. The van der Waals surface area contributed by atoms with E-state index < -0.39 is 0 Å². The summed E-state index contributed by atoms with van der Waals surface area (Å²) in [5, 5.41) is 3.55. The second kappa shape index (κ2) is 5.99. The lowest BCUT2D eigenvalue weighted by atomic mass is 9.89. The average Bonchev–Trinajstić information content (AvgIpc) is 2.13. The van der Waals surface area contributed by atoms with Crippen LogP contribution in [0.15, 0.2) is 0 Å². The summed E-state index contributed by atoms with van der Waals surface area (Å²) in [7, 11) is 0. The number of hydrogen-bond acceptors (Lipinski definition) is 3. The maximum atomic E-state index is 5.24. The number of nitrogens with zero attached hydrogens (tertiary/aromatic N) is 1. The van der Waals surface area contributed by atoms with Crippen LogP contribution in [0.25, 0.3) is 0 Å². The molecule has 0 aromatic heterocycles. The van der Waals surface area contributed by atoms with Crippen molar-refractivity contribution < 1.29 is 4.74 Å². The average molecular weight is 228 g/mol. The molecule has 0 radical (unpaired) electrons. The Morgan fingerprint density at radius 2 is 1.75 bits per heavy atom. The molecule has 1 heterocycles. The van der Waals surface area contributed by atoms with Crippen molar-refractivity contribution in [2.75, 3.05) is 32.8 Å². The van der Waals surface area contributed by atoms with E-state index in [1.807, 2.05) is 0 Å². The Bertz CT molecular complexity index is 192. The van der Waals surface area contributed by atoms with Gasteiger partial charge in [-0.05, 0) is 27.7 Å². The predicted molar refractivity (Wildman–Crippen MR) is 68.8 cm³/mol. The van der Waals surface area contributed by atoms with Gasteiger partial charge in [0.2, 0.25) is 0 Å². The first-order valence-electron chi connectivity index (χ1n) is 6.49. The minimum absolute atomic E-state index is 0.389. The van der Waals surface area contributed by atoms with Crippen molar-refractivity contribution >= 4 is 0 Å². The number of rotatable bonds is 7. The Labute approximate surface area is 101 Å². The van der Waals surface area contributed by atoms with Crippen molar-refractivity contribution in [3.05, 3.63) is 0 Å². The Kier molecular flexibility index (Phi) is 5.22. The highest BCUT2D eigenvalue weighted by Gasteiger charge is 2.32. The zero-order chi connectivity index (χ0) is 12.2. The summed E-state index contributed by atoms with van der Waals surface area (Å²) in [6.07, 6.45) is 0. The van der Waals surface area contributed by atoms with Crippen molar-refractivity contribution in [1.82, 2.24) is 10.2 Å². The molecule has 0 spiro atoms. The summed E-state index contributed by atoms with van der Waals surface area (Å²) in [4.78, 5) is 2.52. The van der Waals surface area contributed by atoms with Crippen molar-refractivity contribution in [2.24, 2.45) is 5.41 Å². The molecule has 0 aromatic rings. The van der Waals surface area contributed by atoms with Crippen LogP contribution in [0, 0.1) is 5.41 Å². The first-order chi connectivity index (χ1) is 7.44. The molecule has 96 valence electrons. The second-order valence-corrected chi connectivity index (χ2v) is 5.91. The van der Waals surface area contributed by atoms with Crippen LogP contribution in [0.5, 0.6) is 0 Å². The summed E-state index contributed by atoms with van der Waals surface area (Å²) in [5.41, 5.74) is 0.389. The van der Waals surface area contributed by atoms with Gasteiger partial charge in [0.15, 0.2) is 0 Å². The van der Waals surface area contributed by atoms with E-state index in [9.17, 15) is 0 Å². The van der Waals surface area contributed by atoms with Crippen LogP contribution in [-0.2, 0) is 4.74 Å². The van der Waals surface area contributed by atoms with E-state index in [1.54, 1.807) is 0 Å². The van der Waals surface area contributed by atoms with Gasteiger partial charge >= 0.3 is 0 Å². The van der Waals surface area contributed by atoms with Crippen LogP contribution in [0.4, 0.5) is 0 Å². The van der Waals surface area contributed by atoms with Crippen LogP contribution in [-0.4, -0.2) is 49.8 Å². The molecule has 1 fully saturated rings. The topological polar surface area (TPSA) is 24.5 Å². The van der Waals surface area contributed by atoms with Crippen molar-refractivity contribution in [3.63, 3.8) is 0 Å². The molecule has 0 bridgehead atoms. The van der Waals surface area contributed by atoms with Gasteiger partial charge in [0.25, 0.3) is 0 Å². The summed E-state index contributed by atoms with van der Waals surface area (Å²) in [5.74, 6) is 0. The molecule has 0 unspecified atom stereocenters. The molecule has 1 rings (SSSR count). The standard InChI is InChI=1S/C13H28N2O/c1-11(2)15(12(3)4)7-6-14-8-13(5)9-16-10-13/h11-12,14H,6-10H2,1-5H3. The molecule has 0 saturated carbocycles. The third-order valence-corrected chi connectivity index (χ3v) is 3.33. The molecule has 3 nitrogen and oxygen atoms in total. The third-order valence-electron chi connectivity index (χ3n) is 3.33. The summed E-state index contributed by atoms with van der Waals surface area (Å²) in [6.45, 7) is 16.5. The van der Waals surface area contributed by atoms with Gasteiger partial charge in [-0.1, -0.05) is 6.92 Å². The lowest BCUT2D eigenvalue weighted by Crippen LogP contribution is -2.49. The fourth-order valence-corrected chi connectivity index (χ4v) is 2.26. The van der Waals surface area contributed by atoms with Crippen LogP contribution in [0.1, 0.15) is 34.6 Å². The van der Waals surface area contributed by atoms with Gasteiger partial charge in [0.1, 0.15) is 0 Å². The second-order valence-electron chi connectivity index (χ2n) is 5.91. The summed E-state index contributed by atoms with van der Waals surface area (Å²) < 4.78 is 5.24. The SMILES string of the molecule is CC(C)N(CCNCC1(C)COC1)C(C)C. The molecule has 16 heavy (non-hydrogen) atoms. The molecule has 0 atom stereocenters. The molecular formula is C13H28N2O. The largest absolute Gasteiger partial charge is 0.380 e. The Hall–Kier alpha value is -0.120. The van der Waals surface area contributed by atoms with E-state index in [2.05, 4.69) is 44.8 Å². The maximum Gasteiger partial charge on any atom is 0.0554 e. The molecule has 3 heteroatoms. The fraction of sp³-hybridized carbons (Fsp3) is 1.00. The van der Waals surface area contributed by atoms with E-state index in [-0.39, 0.29) is 0 Å². The zero-order valence-corrected chi connectivity index (χ0v) is 11.5. The van der Waals surface area contributed by atoms with Gasteiger partial charge in [-0.25, -0.2) is 0 Å². The Morgan fingerprint density at radius 1 is 1.19 bits per heavy atom.